The molecule has 1 heterocycles. The van der Waals surface area contributed by atoms with Gasteiger partial charge in [-0.25, -0.2) is 0 Å². The van der Waals surface area contributed by atoms with Gasteiger partial charge in [-0.3, -0.25) is 0 Å². The van der Waals surface area contributed by atoms with Gasteiger partial charge in [-0.15, -0.1) is 0 Å². The first kappa shape index (κ1) is 13.1. The molecule has 18 heavy (non-hydrogen) atoms. The van der Waals surface area contributed by atoms with Crippen LogP contribution in [0.25, 0.3) is 0 Å². The fourth-order valence-electron chi connectivity index (χ4n) is 2.00. The number of benzene rings is 1. The molecule has 0 radical (unpaired) electrons. The second-order valence-electron chi connectivity index (χ2n) is 4.13. The Hall–Kier alpha value is -1.33. The van der Waals surface area contributed by atoms with Crippen molar-refractivity contribution < 1.29 is 14.6 Å². The molecule has 1 N–H and O–H groups in total. The second-order valence-corrected chi connectivity index (χ2v) is 4.60. The lowest BCUT2D eigenvalue weighted by atomic mass is 10.1. The van der Waals surface area contributed by atoms with Crippen LogP contribution in [0.2, 0.25) is 0 Å². The van der Waals surface area contributed by atoms with Crippen molar-refractivity contribution >= 4 is 17.2 Å². The Kier molecular flexibility index (Phi) is 4.38. The van der Waals surface area contributed by atoms with Gasteiger partial charge in [-0.05, 0) is 12.1 Å². The van der Waals surface area contributed by atoms with Crippen molar-refractivity contribution in [2.75, 3.05) is 33.4 Å². The van der Waals surface area contributed by atoms with Crippen molar-refractivity contribution in [2.45, 2.75) is 6.42 Å². The molecule has 0 spiro atoms. The summed E-state index contributed by atoms with van der Waals surface area (Å²) < 4.78 is 10.5. The van der Waals surface area contributed by atoms with E-state index in [1.165, 1.54) is 0 Å². The molecule has 1 saturated heterocycles. The van der Waals surface area contributed by atoms with Crippen LogP contribution in [-0.2, 0) is 11.2 Å². The van der Waals surface area contributed by atoms with Crippen molar-refractivity contribution in [1.29, 1.82) is 0 Å². The fourth-order valence-corrected chi connectivity index (χ4v) is 2.33. The molecule has 0 unspecified atom stereocenters. The molecule has 1 aromatic carbocycles. The lowest BCUT2D eigenvalue weighted by molar-refractivity contribution is 0.0684. The zero-order valence-corrected chi connectivity index (χ0v) is 11.2. The molecule has 0 bridgehead atoms. The van der Waals surface area contributed by atoms with Crippen molar-refractivity contribution in [3.8, 4) is 11.5 Å². The molecule has 1 fully saturated rings. The summed E-state index contributed by atoms with van der Waals surface area (Å²) in [5, 5.41) is 9.89. The molecule has 0 saturated carbocycles. The number of morpholine rings is 1. The normalized spacial score (nSPS) is 15.5. The quantitative estimate of drug-likeness (QED) is 0.843. The predicted molar refractivity (Wildman–Crippen MR) is 73.4 cm³/mol. The summed E-state index contributed by atoms with van der Waals surface area (Å²) >= 11 is 5.43. The number of aromatic hydroxyl groups is 1. The maximum Gasteiger partial charge on any atom is 0.126 e. The SMILES string of the molecule is COc1cccc(O)c1CC(=S)N1CCOCC1. The number of ether oxygens (including phenoxy) is 2. The van der Waals surface area contributed by atoms with Gasteiger partial charge in [0.1, 0.15) is 11.5 Å². The van der Waals surface area contributed by atoms with Gasteiger partial charge in [0.2, 0.25) is 0 Å². The molecule has 5 heteroatoms. The number of hydrogen-bond acceptors (Lipinski definition) is 4. The van der Waals surface area contributed by atoms with E-state index >= 15 is 0 Å². The van der Waals surface area contributed by atoms with Crippen molar-refractivity contribution in [1.82, 2.24) is 4.90 Å². The van der Waals surface area contributed by atoms with Gasteiger partial charge in [0.15, 0.2) is 0 Å². The standard InChI is InChI=1S/C13H17NO3S/c1-16-12-4-2-3-11(15)10(12)9-13(18)14-5-7-17-8-6-14/h2-4,15H,5-9H2,1H3. The molecule has 0 aliphatic carbocycles. The summed E-state index contributed by atoms with van der Waals surface area (Å²) in [7, 11) is 1.59. The van der Waals surface area contributed by atoms with Gasteiger partial charge in [-0.1, -0.05) is 18.3 Å². The Morgan fingerprint density at radius 1 is 1.44 bits per heavy atom. The first-order chi connectivity index (χ1) is 8.72. The molecule has 0 aromatic heterocycles. The van der Waals surface area contributed by atoms with Crippen LogP contribution in [-0.4, -0.2) is 48.4 Å². The molecular formula is C13H17NO3S. The molecule has 98 valence electrons. The topological polar surface area (TPSA) is 41.9 Å². The Bertz CT molecular complexity index is 430. The highest BCUT2D eigenvalue weighted by Crippen LogP contribution is 2.28. The van der Waals surface area contributed by atoms with Gasteiger partial charge < -0.3 is 19.5 Å². The van der Waals surface area contributed by atoms with Gasteiger partial charge in [0, 0.05) is 25.1 Å². The molecule has 1 aliphatic rings. The summed E-state index contributed by atoms with van der Waals surface area (Å²) in [6.07, 6.45) is 0.519. The van der Waals surface area contributed by atoms with E-state index in [4.69, 9.17) is 21.7 Å². The number of rotatable bonds is 3. The van der Waals surface area contributed by atoms with Crippen molar-refractivity contribution in [3.63, 3.8) is 0 Å². The second kappa shape index (κ2) is 6.02. The minimum atomic E-state index is 0.227. The van der Waals surface area contributed by atoms with E-state index in [1.807, 2.05) is 6.07 Å². The van der Waals surface area contributed by atoms with Crippen LogP contribution in [0.4, 0.5) is 0 Å². The maximum atomic E-state index is 9.89. The number of phenols is 1. The van der Waals surface area contributed by atoms with E-state index in [-0.39, 0.29) is 5.75 Å². The molecule has 4 nitrogen and oxygen atoms in total. The van der Waals surface area contributed by atoms with Crippen LogP contribution in [0, 0.1) is 0 Å². The lowest BCUT2D eigenvalue weighted by Gasteiger charge is -2.29. The van der Waals surface area contributed by atoms with Crippen LogP contribution >= 0.6 is 12.2 Å². The predicted octanol–water partition coefficient (Wildman–Crippen LogP) is 1.60. The smallest absolute Gasteiger partial charge is 0.126 e. The fraction of sp³-hybridized carbons (Fsp3) is 0.462. The van der Waals surface area contributed by atoms with E-state index in [0.29, 0.717) is 25.4 Å². The Balaban J connectivity index is 2.10. The number of phenolic OH excluding ortho intramolecular Hbond substituents is 1. The average Bonchev–Trinajstić information content (AvgIpc) is 2.42. The largest absolute Gasteiger partial charge is 0.508 e. The summed E-state index contributed by atoms with van der Waals surface area (Å²) in [6, 6.07) is 5.24. The Morgan fingerprint density at radius 3 is 2.83 bits per heavy atom. The highest BCUT2D eigenvalue weighted by Gasteiger charge is 2.17. The molecule has 1 aromatic rings. The average molecular weight is 267 g/mol. The summed E-state index contributed by atoms with van der Waals surface area (Å²) in [5.41, 5.74) is 0.747. The van der Waals surface area contributed by atoms with E-state index in [9.17, 15) is 5.11 Å². The minimum absolute atomic E-state index is 0.227. The number of thiocarbonyl (C=S) groups is 1. The third kappa shape index (κ3) is 2.91. The van der Waals surface area contributed by atoms with Crippen LogP contribution in [0.1, 0.15) is 5.56 Å². The van der Waals surface area contributed by atoms with Gasteiger partial charge in [-0.2, -0.15) is 0 Å². The first-order valence-electron chi connectivity index (χ1n) is 5.92. The van der Waals surface area contributed by atoms with Crippen LogP contribution < -0.4 is 4.74 Å². The third-order valence-corrected chi connectivity index (χ3v) is 3.42. The lowest BCUT2D eigenvalue weighted by Crippen LogP contribution is -2.40. The van der Waals surface area contributed by atoms with E-state index in [0.717, 1.165) is 23.6 Å². The summed E-state index contributed by atoms with van der Waals surface area (Å²) in [4.78, 5) is 2.93. The maximum absolute atomic E-state index is 9.89. The van der Waals surface area contributed by atoms with Gasteiger partial charge in [0.05, 0.1) is 25.3 Å². The summed E-state index contributed by atoms with van der Waals surface area (Å²) in [6.45, 7) is 3.04. The van der Waals surface area contributed by atoms with Crippen molar-refractivity contribution in [2.24, 2.45) is 0 Å². The summed E-state index contributed by atoms with van der Waals surface area (Å²) in [5.74, 6) is 0.899. The first-order valence-corrected chi connectivity index (χ1v) is 6.33. The van der Waals surface area contributed by atoms with Crippen LogP contribution in [0.3, 0.4) is 0 Å². The molecule has 0 amide bonds. The van der Waals surface area contributed by atoms with E-state index in [2.05, 4.69) is 4.90 Å². The highest BCUT2D eigenvalue weighted by molar-refractivity contribution is 7.80. The zero-order valence-electron chi connectivity index (χ0n) is 10.4. The van der Waals surface area contributed by atoms with Gasteiger partial charge >= 0.3 is 0 Å². The van der Waals surface area contributed by atoms with Gasteiger partial charge in [0.25, 0.3) is 0 Å². The zero-order chi connectivity index (χ0) is 13.0. The van der Waals surface area contributed by atoms with Crippen LogP contribution in [0.5, 0.6) is 11.5 Å². The van der Waals surface area contributed by atoms with Crippen molar-refractivity contribution in [3.05, 3.63) is 23.8 Å². The van der Waals surface area contributed by atoms with E-state index < -0.39 is 0 Å². The van der Waals surface area contributed by atoms with E-state index in [1.54, 1.807) is 19.2 Å². The Morgan fingerprint density at radius 2 is 2.17 bits per heavy atom. The minimum Gasteiger partial charge on any atom is -0.508 e. The molecule has 1 aliphatic heterocycles. The molecule has 2 rings (SSSR count). The number of methoxy groups -OCH3 is 1. The number of hydrogen-bond donors (Lipinski definition) is 1. The molecular weight excluding hydrogens is 250 g/mol. The third-order valence-electron chi connectivity index (χ3n) is 3.02. The monoisotopic (exact) mass is 267 g/mol. The van der Waals surface area contributed by atoms with Crippen LogP contribution in [0.15, 0.2) is 18.2 Å². The highest BCUT2D eigenvalue weighted by atomic mass is 32.1. The molecule has 0 atom stereocenters. The Labute approximate surface area is 112 Å². The number of nitrogens with zero attached hydrogens (tertiary/aromatic N) is 1.